The molecule has 0 unspecified atom stereocenters. The van der Waals surface area contributed by atoms with Gasteiger partial charge in [-0.25, -0.2) is 4.98 Å². The van der Waals surface area contributed by atoms with Gasteiger partial charge in [0.25, 0.3) is 0 Å². The Morgan fingerprint density at radius 2 is 2.00 bits per heavy atom. The van der Waals surface area contributed by atoms with Crippen molar-refractivity contribution >= 4 is 33.1 Å². The van der Waals surface area contributed by atoms with Crippen LogP contribution in [0, 0.1) is 13.8 Å². The van der Waals surface area contributed by atoms with Gasteiger partial charge in [0.2, 0.25) is 5.88 Å². The molecule has 3 nitrogen and oxygen atoms in total. The fourth-order valence-electron chi connectivity index (χ4n) is 1.63. The molecule has 1 heterocycles. The Kier molecular flexibility index (Phi) is 4.17. The average Bonchev–Trinajstić information content (AvgIpc) is 2.32. The molecule has 0 saturated carbocycles. The summed E-state index contributed by atoms with van der Waals surface area (Å²) in [4.78, 5) is 4.65. The van der Waals surface area contributed by atoms with Gasteiger partial charge in [0.15, 0.2) is 0 Å². The molecule has 0 radical (unpaired) electrons. The second-order valence-electron chi connectivity index (χ2n) is 4.24. The molecule has 0 aliphatic heterocycles. The molecule has 0 saturated heterocycles. The minimum absolute atomic E-state index is 0.332. The Hall–Kier alpha value is -1.46. The van der Waals surface area contributed by atoms with Gasteiger partial charge in [-0.1, -0.05) is 18.3 Å². The molecular weight excluding hydrogens is 324 g/mol. The van der Waals surface area contributed by atoms with Gasteiger partial charge in [-0.2, -0.15) is 0 Å². The third-order valence-electron chi connectivity index (χ3n) is 2.52. The summed E-state index contributed by atoms with van der Waals surface area (Å²) >= 11 is 8.44. The largest absolute Gasteiger partial charge is 0.438 e. The first kappa shape index (κ1) is 14.0. The van der Waals surface area contributed by atoms with E-state index in [1.165, 1.54) is 0 Å². The van der Waals surface area contributed by atoms with Crippen molar-refractivity contribution in [1.82, 2.24) is 4.98 Å². The highest BCUT2D eigenvalue weighted by Gasteiger charge is 2.07. The van der Waals surface area contributed by atoms with Gasteiger partial charge in [-0.05, 0) is 53.5 Å². The molecule has 0 aliphatic carbocycles. The molecule has 19 heavy (non-hydrogen) atoms. The van der Waals surface area contributed by atoms with Crippen LogP contribution < -0.4 is 10.5 Å². The van der Waals surface area contributed by atoms with Crippen LogP contribution in [0.3, 0.4) is 0 Å². The highest BCUT2D eigenvalue weighted by molar-refractivity contribution is 9.10. The van der Waals surface area contributed by atoms with E-state index < -0.39 is 0 Å². The normalized spacial score (nSPS) is 10.3. The molecule has 2 N–H and O–H groups in total. The number of hydrogen-bond acceptors (Lipinski definition) is 3. The number of rotatable bonds is 3. The van der Waals surface area contributed by atoms with Gasteiger partial charge in [0.1, 0.15) is 10.7 Å². The molecule has 1 aromatic heterocycles. The lowest BCUT2D eigenvalue weighted by Crippen LogP contribution is -2.10. The molecular formula is C14H13BrN2OS. The number of nitrogens with two attached hydrogens (primary N) is 1. The van der Waals surface area contributed by atoms with Crippen LogP contribution in [0.15, 0.2) is 34.8 Å². The van der Waals surface area contributed by atoms with Crippen molar-refractivity contribution in [2.45, 2.75) is 13.8 Å². The summed E-state index contributed by atoms with van der Waals surface area (Å²) in [5.41, 5.74) is 8.35. The first-order valence-corrected chi connectivity index (χ1v) is 6.88. The van der Waals surface area contributed by atoms with E-state index in [9.17, 15) is 0 Å². The highest BCUT2D eigenvalue weighted by atomic mass is 79.9. The van der Waals surface area contributed by atoms with Crippen LogP contribution in [0.5, 0.6) is 11.6 Å². The van der Waals surface area contributed by atoms with Crippen LogP contribution in [-0.4, -0.2) is 9.97 Å². The van der Waals surface area contributed by atoms with Gasteiger partial charge < -0.3 is 10.5 Å². The zero-order valence-corrected chi connectivity index (χ0v) is 13.0. The highest BCUT2D eigenvalue weighted by Crippen LogP contribution is 2.30. The first-order valence-electron chi connectivity index (χ1n) is 5.68. The minimum atomic E-state index is 0.332. The summed E-state index contributed by atoms with van der Waals surface area (Å²) in [6, 6.07) is 9.43. The first-order chi connectivity index (χ1) is 8.95. The maximum atomic E-state index is 5.76. The number of halogens is 1. The summed E-state index contributed by atoms with van der Waals surface area (Å²) in [6.45, 7) is 3.89. The van der Waals surface area contributed by atoms with E-state index in [0.29, 0.717) is 16.6 Å². The van der Waals surface area contributed by atoms with Gasteiger partial charge in [0.05, 0.1) is 4.47 Å². The zero-order valence-electron chi connectivity index (χ0n) is 10.6. The summed E-state index contributed by atoms with van der Waals surface area (Å²) < 4.78 is 6.64. The van der Waals surface area contributed by atoms with E-state index in [0.717, 1.165) is 21.3 Å². The predicted molar refractivity (Wildman–Crippen MR) is 83.8 cm³/mol. The zero-order chi connectivity index (χ0) is 14.0. The quantitative estimate of drug-likeness (QED) is 0.864. The molecule has 2 aromatic rings. The van der Waals surface area contributed by atoms with Gasteiger partial charge in [0, 0.05) is 17.3 Å². The second kappa shape index (κ2) is 5.67. The third-order valence-corrected chi connectivity index (χ3v) is 3.37. The van der Waals surface area contributed by atoms with Crippen LogP contribution in [-0.2, 0) is 0 Å². The summed E-state index contributed by atoms with van der Waals surface area (Å²) in [7, 11) is 0. The number of aryl methyl sites for hydroxylation is 2. The summed E-state index contributed by atoms with van der Waals surface area (Å²) in [5.74, 6) is 1.19. The molecule has 0 amide bonds. The Morgan fingerprint density at radius 3 is 2.63 bits per heavy atom. The average molecular weight is 337 g/mol. The van der Waals surface area contributed by atoms with Gasteiger partial charge in [-0.3, -0.25) is 0 Å². The number of nitrogens with zero attached hydrogens (tertiary/aromatic N) is 1. The van der Waals surface area contributed by atoms with E-state index in [4.69, 9.17) is 22.7 Å². The standard InChI is InChI=1S/C14H13BrN2OS/c1-8-3-4-12(11(15)5-8)18-13-7-10(14(16)19)6-9(2)17-13/h3-7H,1-2H3,(H2,16,19). The molecule has 0 bridgehead atoms. The number of ether oxygens (including phenoxy) is 1. The van der Waals surface area contributed by atoms with Crippen LogP contribution in [0.2, 0.25) is 0 Å². The van der Waals surface area contributed by atoms with Crippen LogP contribution in [0.25, 0.3) is 0 Å². The van der Waals surface area contributed by atoms with Gasteiger partial charge >= 0.3 is 0 Å². The Labute approximate surface area is 125 Å². The maximum absolute atomic E-state index is 5.76. The van der Waals surface area contributed by atoms with Crippen LogP contribution in [0.1, 0.15) is 16.8 Å². The Bertz CT molecular complexity index is 643. The van der Waals surface area contributed by atoms with Gasteiger partial charge in [-0.15, -0.1) is 0 Å². The minimum Gasteiger partial charge on any atom is -0.438 e. The van der Waals surface area contributed by atoms with Crippen molar-refractivity contribution < 1.29 is 4.74 Å². The molecule has 0 fully saturated rings. The number of aromatic nitrogens is 1. The number of hydrogen-bond donors (Lipinski definition) is 1. The van der Waals surface area contributed by atoms with E-state index in [1.807, 2.05) is 38.1 Å². The molecule has 98 valence electrons. The van der Waals surface area contributed by atoms with Crippen molar-refractivity contribution in [3.8, 4) is 11.6 Å². The molecule has 0 spiro atoms. The maximum Gasteiger partial charge on any atom is 0.220 e. The Balaban J connectivity index is 2.35. The molecule has 2 rings (SSSR count). The van der Waals surface area contributed by atoms with Crippen LogP contribution >= 0.6 is 28.1 Å². The topological polar surface area (TPSA) is 48.1 Å². The predicted octanol–water partition coefficient (Wildman–Crippen LogP) is 3.89. The fraction of sp³-hybridized carbons (Fsp3) is 0.143. The van der Waals surface area contributed by atoms with Crippen LogP contribution in [0.4, 0.5) is 0 Å². The van der Waals surface area contributed by atoms with Crippen molar-refractivity contribution in [1.29, 1.82) is 0 Å². The van der Waals surface area contributed by atoms with E-state index >= 15 is 0 Å². The second-order valence-corrected chi connectivity index (χ2v) is 5.53. The molecule has 0 aliphatic rings. The van der Waals surface area contributed by atoms with Crippen molar-refractivity contribution in [3.05, 3.63) is 51.6 Å². The fourth-order valence-corrected chi connectivity index (χ4v) is 2.33. The van der Waals surface area contributed by atoms with Crippen molar-refractivity contribution in [2.75, 3.05) is 0 Å². The number of benzene rings is 1. The molecule has 5 heteroatoms. The summed E-state index contributed by atoms with van der Waals surface area (Å²) in [5, 5.41) is 0. The smallest absolute Gasteiger partial charge is 0.220 e. The van der Waals surface area contributed by atoms with E-state index in [2.05, 4.69) is 20.9 Å². The van der Waals surface area contributed by atoms with E-state index in [1.54, 1.807) is 6.07 Å². The SMILES string of the molecule is Cc1ccc(Oc2cc(C(N)=S)cc(C)n2)c(Br)c1. The Morgan fingerprint density at radius 1 is 1.26 bits per heavy atom. The monoisotopic (exact) mass is 336 g/mol. The van der Waals surface area contributed by atoms with E-state index in [-0.39, 0.29) is 0 Å². The molecule has 0 atom stereocenters. The van der Waals surface area contributed by atoms with Crippen molar-refractivity contribution in [2.24, 2.45) is 5.73 Å². The lowest BCUT2D eigenvalue weighted by Gasteiger charge is -2.09. The lowest BCUT2D eigenvalue weighted by atomic mass is 10.2. The number of thiocarbonyl (C=S) groups is 1. The summed E-state index contributed by atoms with van der Waals surface area (Å²) in [6.07, 6.45) is 0. The third kappa shape index (κ3) is 3.52. The number of pyridine rings is 1. The molecule has 1 aromatic carbocycles. The lowest BCUT2D eigenvalue weighted by molar-refractivity contribution is 0.458. The van der Waals surface area contributed by atoms with Crippen molar-refractivity contribution in [3.63, 3.8) is 0 Å².